The molecule has 0 spiro atoms. The van der Waals surface area contributed by atoms with Crippen molar-refractivity contribution in [3.8, 4) is 0 Å². The smallest absolute Gasteiger partial charge is 0.462 e. The highest BCUT2D eigenvalue weighted by atomic mass is 31.2. The van der Waals surface area contributed by atoms with Crippen LogP contribution in [-0.2, 0) is 65.4 Å². The maximum Gasteiger partial charge on any atom is 0.472 e. The minimum absolute atomic E-state index is 0.0779. The number of unbranched alkanes of at least 4 members (excludes halogenated alkanes) is 35. The van der Waals surface area contributed by atoms with E-state index in [0.717, 1.165) is 134 Å². The normalized spacial score (nSPS) is 14.3. The topological polar surface area (TPSA) is 237 Å². The van der Waals surface area contributed by atoms with E-state index < -0.39 is 97.5 Å². The van der Waals surface area contributed by atoms with E-state index in [0.29, 0.717) is 25.7 Å². The summed E-state index contributed by atoms with van der Waals surface area (Å²) in [6, 6.07) is 0. The van der Waals surface area contributed by atoms with Crippen LogP contribution < -0.4 is 0 Å². The van der Waals surface area contributed by atoms with Gasteiger partial charge in [0.25, 0.3) is 0 Å². The van der Waals surface area contributed by atoms with Crippen LogP contribution in [0.5, 0.6) is 0 Å². The van der Waals surface area contributed by atoms with E-state index in [1.807, 2.05) is 0 Å². The van der Waals surface area contributed by atoms with E-state index in [1.165, 1.54) is 128 Å². The Morgan fingerprint density at radius 2 is 0.568 bits per heavy atom. The minimum Gasteiger partial charge on any atom is -0.462 e. The Kier molecular flexibility index (Phi) is 64.8. The summed E-state index contributed by atoms with van der Waals surface area (Å²) >= 11 is 0. The Hall–Kier alpha value is -2.98. The standard InChI is InChI=1S/C76H140O17P2/c1-7-9-11-13-15-17-19-21-23-25-27-34-40-46-52-58-73(78)86-64-71(92-75(80)60-54-48-42-35-28-26-24-22-20-18-16-14-12-10-8-2)66-90-94(82,83)88-62-70(77)63-89-95(84,85)91-67-72(65-87-74(79)59-53-47-41-37-31-33-39-45-51-57-69(5)6)93-76(81)61-55-49-43-36-30-29-32-38-44-50-56-68(3)4/h17-24,68-72,77H,7-16,25-67H2,1-6H3,(H,82,83)(H,84,85)/b19-17-,20-18-,23-21-,24-22-/t70-,71-,72-/m1/s1. The number of aliphatic hydroxyl groups excluding tert-OH is 1. The average Bonchev–Trinajstić information content (AvgIpc) is 1.55. The van der Waals surface area contributed by atoms with Gasteiger partial charge in [0, 0.05) is 25.7 Å². The van der Waals surface area contributed by atoms with Crippen LogP contribution in [0.25, 0.3) is 0 Å². The fourth-order valence-corrected chi connectivity index (χ4v) is 12.2. The van der Waals surface area contributed by atoms with Crippen LogP contribution >= 0.6 is 15.6 Å². The number of carbonyl (C=O) groups excluding carboxylic acids is 4. The highest BCUT2D eigenvalue weighted by Crippen LogP contribution is 2.45. The summed E-state index contributed by atoms with van der Waals surface area (Å²) in [5.41, 5.74) is 0. The van der Waals surface area contributed by atoms with Crippen molar-refractivity contribution in [2.45, 2.75) is 362 Å². The second-order valence-corrected chi connectivity index (χ2v) is 29.9. The van der Waals surface area contributed by atoms with Gasteiger partial charge in [-0.15, -0.1) is 0 Å². The summed E-state index contributed by atoms with van der Waals surface area (Å²) in [5.74, 6) is -0.688. The monoisotopic (exact) mass is 1390 g/mol. The van der Waals surface area contributed by atoms with Crippen molar-refractivity contribution in [3.63, 3.8) is 0 Å². The maximum atomic E-state index is 13.1. The first kappa shape index (κ1) is 92.0. The van der Waals surface area contributed by atoms with Gasteiger partial charge in [-0.1, -0.05) is 289 Å². The molecule has 0 aliphatic rings. The van der Waals surface area contributed by atoms with Crippen molar-refractivity contribution in [2.24, 2.45) is 11.8 Å². The lowest BCUT2D eigenvalue weighted by molar-refractivity contribution is -0.161. The van der Waals surface area contributed by atoms with Gasteiger partial charge in [-0.25, -0.2) is 9.13 Å². The van der Waals surface area contributed by atoms with Crippen molar-refractivity contribution >= 4 is 39.5 Å². The van der Waals surface area contributed by atoms with Crippen LogP contribution in [0.3, 0.4) is 0 Å². The highest BCUT2D eigenvalue weighted by Gasteiger charge is 2.30. The van der Waals surface area contributed by atoms with E-state index >= 15 is 0 Å². The molecule has 0 aliphatic heterocycles. The summed E-state index contributed by atoms with van der Waals surface area (Å²) < 4.78 is 68.4. The van der Waals surface area contributed by atoms with Crippen LogP contribution in [-0.4, -0.2) is 96.7 Å². The molecule has 0 bridgehead atoms. The van der Waals surface area contributed by atoms with Crippen LogP contribution in [0.2, 0.25) is 0 Å². The molecule has 0 saturated carbocycles. The largest absolute Gasteiger partial charge is 0.472 e. The Morgan fingerprint density at radius 3 is 0.853 bits per heavy atom. The molecule has 5 atom stereocenters. The maximum absolute atomic E-state index is 13.1. The van der Waals surface area contributed by atoms with Gasteiger partial charge in [-0.2, -0.15) is 0 Å². The summed E-state index contributed by atoms with van der Waals surface area (Å²) in [6.45, 7) is 9.42. The molecule has 0 heterocycles. The molecule has 95 heavy (non-hydrogen) atoms. The summed E-state index contributed by atoms with van der Waals surface area (Å²) in [5, 5.41) is 10.6. The van der Waals surface area contributed by atoms with Gasteiger partial charge < -0.3 is 33.8 Å². The number of allylic oxidation sites excluding steroid dienone is 8. The number of ether oxygens (including phenoxy) is 4. The van der Waals surface area contributed by atoms with Crippen molar-refractivity contribution in [2.75, 3.05) is 39.6 Å². The number of carbonyl (C=O) groups is 4. The van der Waals surface area contributed by atoms with Gasteiger partial charge in [-0.3, -0.25) is 37.3 Å². The first-order valence-electron chi connectivity index (χ1n) is 38.1. The Bertz CT molecular complexity index is 2030. The quantitative estimate of drug-likeness (QED) is 0.0169. The van der Waals surface area contributed by atoms with Gasteiger partial charge in [0.1, 0.15) is 19.3 Å². The second-order valence-electron chi connectivity index (χ2n) is 27.0. The first-order chi connectivity index (χ1) is 45.9. The van der Waals surface area contributed by atoms with Gasteiger partial charge in [0.15, 0.2) is 12.2 Å². The van der Waals surface area contributed by atoms with Gasteiger partial charge in [0.05, 0.1) is 26.4 Å². The third kappa shape index (κ3) is 69.3. The number of esters is 4. The zero-order valence-corrected chi connectivity index (χ0v) is 62.7. The number of rotatable bonds is 71. The molecule has 0 aromatic rings. The van der Waals surface area contributed by atoms with E-state index in [9.17, 15) is 43.2 Å². The van der Waals surface area contributed by atoms with E-state index in [2.05, 4.69) is 90.2 Å². The minimum atomic E-state index is -4.97. The number of hydrogen-bond acceptors (Lipinski definition) is 15. The van der Waals surface area contributed by atoms with Crippen molar-refractivity contribution in [1.82, 2.24) is 0 Å². The van der Waals surface area contributed by atoms with Gasteiger partial charge >= 0.3 is 39.5 Å². The van der Waals surface area contributed by atoms with Crippen molar-refractivity contribution in [3.05, 3.63) is 48.6 Å². The lowest BCUT2D eigenvalue weighted by atomic mass is 10.0. The van der Waals surface area contributed by atoms with Crippen LogP contribution in [0.1, 0.15) is 343 Å². The molecule has 2 unspecified atom stereocenters. The van der Waals surface area contributed by atoms with E-state index in [4.69, 9.17) is 37.0 Å². The molecule has 0 aliphatic carbocycles. The van der Waals surface area contributed by atoms with Gasteiger partial charge in [0.2, 0.25) is 0 Å². The summed E-state index contributed by atoms with van der Waals surface area (Å²) in [7, 11) is -9.94. The number of aliphatic hydroxyl groups is 1. The molecule has 0 radical (unpaired) electrons. The predicted octanol–water partition coefficient (Wildman–Crippen LogP) is 21.4. The average molecular weight is 1390 g/mol. The summed E-state index contributed by atoms with van der Waals surface area (Å²) in [6.07, 6.45) is 59.8. The molecule has 0 saturated heterocycles. The fraction of sp³-hybridized carbons (Fsp3) is 0.842. The Labute approximate surface area is 578 Å². The zero-order chi connectivity index (χ0) is 70.0. The van der Waals surface area contributed by atoms with E-state index in [1.54, 1.807) is 0 Å². The Balaban J connectivity index is 5.34. The number of phosphoric ester groups is 2. The lowest BCUT2D eigenvalue weighted by Crippen LogP contribution is -2.30. The van der Waals surface area contributed by atoms with Crippen LogP contribution in [0, 0.1) is 11.8 Å². The zero-order valence-electron chi connectivity index (χ0n) is 60.9. The van der Waals surface area contributed by atoms with Crippen LogP contribution in [0.15, 0.2) is 48.6 Å². The Morgan fingerprint density at radius 1 is 0.326 bits per heavy atom. The SMILES string of the molecule is CCCCCC/C=C\C=C/CCCCCCCC(=O)OC[C@H](COP(=O)(O)OC[C@@H](O)COP(=O)(O)OC[C@@H](COC(=O)CCCCCCCCCCCC(C)C)OC(=O)CCCCCCCCCCCCC(C)C)OC(=O)CCCCCCC/C=C\C=C/CCCCCC. The highest BCUT2D eigenvalue weighted by molar-refractivity contribution is 7.47. The van der Waals surface area contributed by atoms with E-state index in [-0.39, 0.29) is 25.7 Å². The number of phosphoric acid groups is 2. The molecule has 19 heteroatoms. The molecular weight excluding hydrogens is 1250 g/mol. The summed E-state index contributed by atoms with van der Waals surface area (Å²) in [4.78, 5) is 72.8. The third-order valence-corrected chi connectivity index (χ3v) is 18.4. The lowest BCUT2D eigenvalue weighted by Gasteiger charge is -2.21. The third-order valence-electron chi connectivity index (χ3n) is 16.5. The molecule has 3 N–H and O–H groups in total. The number of hydrogen-bond donors (Lipinski definition) is 3. The molecule has 0 amide bonds. The molecule has 556 valence electrons. The molecule has 0 aromatic heterocycles. The van der Waals surface area contributed by atoms with Crippen molar-refractivity contribution in [1.29, 1.82) is 0 Å². The van der Waals surface area contributed by atoms with Gasteiger partial charge in [-0.05, 0) is 88.9 Å². The van der Waals surface area contributed by atoms with Crippen LogP contribution in [0.4, 0.5) is 0 Å². The predicted molar refractivity (Wildman–Crippen MR) is 386 cm³/mol. The molecule has 17 nitrogen and oxygen atoms in total. The molecule has 0 fully saturated rings. The fourth-order valence-electron chi connectivity index (χ4n) is 10.6. The first-order valence-corrected chi connectivity index (χ1v) is 41.1. The second kappa shape index (κ2) is 66.9. The molecular formula is C76H140O17P2. The van der Waals surface area contributed by atoms with Crippen molar-refractivity contribution < 1.29 is 80.2 Å². The molecule has 0 rings (SSSR count). The molecule has 0 aromatic carbocycles.